The number of nitrogens with one attached hydrogen (secondary N) is 1. The van der Waals surface area contributed by atoms with Crippen molar-refractivity contribution in [3.05, 3.63) is 71.7 Å². The number of hydrogen-bond donors (Lipinski definition) is 1. The number of amides is 1. The topological polar surface area (TPSA) is 56.1 Å². The largest absolute Gasteiger partial charge is 0.484 e. The number of anilines is 1. The molecule has 3 rings (SSSR count). The van der Waals surface area contributed by atoms with Crippen molar-refractivity contribution in [2.45, 2.75) is 13.8 Å². The molecule has 25 heavy (non-hydrogen) atoms. The summed E-state index contributed by atoms with van der Waals surface area (Å²) in [5, 5.41) is 7.10. The summed E-state index contributed by atoms with van der Waals surface area (Å²) in [6, 6.07) is 15.1. The summed E-state index contributed by atoms with van der Waals surface area (Å²) in [5.74, 6) is 0.509. The fourth-order valence-electron chi connectivity index (χ4n) is 2.40. The van der Waals surface area contributed by atoms with Crippen molar-refractivity contribution in [2.75, 3.05) is 11.9 Å². The third-order valence-corrected chi connectivity index (χ3v) is 3.53. The highest BCUT2D eigenvalue weighted by molar-refractivity contribution is 5.91. The standard InChI is InChI=1S/C19H18FN3O2/c1-13-4-3-5-17(10-13)25-12-19(24)21-18-11-14(2)22-23(18)16-8-6-15(20)7-9-16/h3-11H,12H2,1-2H3,(H,21,24). The van der Waals surface area contributed by atoms with Gasteiger partial charge >= 0.3 is 0 Å². The maximum atomic E-state index is 13.1. The first-order valence-electron chi connectivity index (χ1n) is 7.83. The number of nitrogens with zero attached hydrogens (tertiary/aromatic N) is 2. The average molecular weight is 339 g/mol. The lowest BCUT2D eigenvalue weighted by atomic mass is 10.2. The second kappa shape index (κ2) is 7.17. The molecule has 1 amide bonds. The van der Waals surface area contributed by atoms with E-state index in [9.17, 15) is 9.18 Å². The van der Waals surface area contributed by atoms with Crippen LogP contribution in [0.5, 0.6) is 5.75 Å². The molecule has 0 saturated carbocycles. The summed E-state index contributed by atoms with van der Waals surface area (Å²) in [6.45, 7) is 3.66. The van der Waals surface area contributed by atoms with Crippen LogP contribution < -0.4 is 10.1 Å². The second-order valence-corrected chi connectivity index (χ2v) is 5.71. The molecule has 1 heterocycles. The maximum absolute atomic E-state index is 13.1. The molecule has 0 bridgehead atoms. The van der Waals surface area contributed by atoms with Crippen LogP contribution in [0.2, 0.25) is 0 Å². The summed E-state index contributed by atoms with van der Waals surface area (Å²) in [4.78, 5) is 12.2. The Morgan fingerprint density at radius 3 is 2.64 bits per heavy atom. The number of hydrogen-bond acceptors (Lipinski definition) is 3. The van der Waals surface area contributed by atoms with Gasteiger partial charge in [0.25, 0.3) is 5.91 Å². The number of carbonyl (C=O) groups excluding carboxylic acids is 1. The molecular formula is C19H18FN3O2. The van der Waals surface area contributed by atoms with Gasteiger partial charge in [0.05, 0.1) is 11.4 Å². The molecule has 128 valence electrons. The van der Waals surface area contributed by atoms with Gasteiger partial charge in [-0.1, -0.05) is 12.1 Å². The lowest BCUT2D eigenvalue weighted by Gasteiger charge is -2.10. The van der Waals surface area contributed by atoms with Crippen LogP contribution in [0.1, 0.15) is 11.3 Å². The summed E-state index contributed by atoms with van der Waals surface area (Å²) in [5.41, 5.74) is 2.45. The van der Waals surface area contributed by atoms with Gasteiger partial charge in [-0.05, 0) is 55.8 Å². The smallest absolute Gasteiger partial charge is 0.263 e. The molecule has 1 N–H and O–H groups in total. The van der Waals surface area contributed by atoms with Gasteiger partial charge in [-0.2, -0.15) is 5.10 Å². The first-order chi connectivity index (χ1) is 12.0. The predicted octanol–water partition coefficient (Wildman–Crippen LogP) is 3.65. The molecule has 6 heteroatoms. The molecule has 1 aromatic heterocycles. The molecule has 0 aliphatic rings. The van der Waals surface area contributed by atoms with Crippen molar-refractivity contribution >= 4 is 11.7 Å². The Morgan fingerprint density at radius 1 is 1.16 bits per heavy atom. The van der Waals surface area contributed by atoms with E-state index in [1.54, 1.807) is 28.9 Å². The summed E-state index contributed by atoms with van der Waals surface area (Å²) >= 11 is 0. The van der Waals surface area contributed by atoms with Crippen molar-refractivity contribution in [1.82, 2.24) is 9.78 Å². The molecule has 3 aromatic rings. The highest BCUT2D eigenvalue weighted by Gasteiger charge is 2.11. The van der Waals surface area contributed by atoms with Gasteiger partial charge in [0.15, 0.2) is 6.61 Å². The van der Waals surface area contributed by atoms with E-state index in [0.717, 1.165) is 11.3 Å². The van der Waals surface area contributed by atoms with Gasteiger partial charge in [0.2, 0.25) is 0 Å². The number of aromatic nitrogens is 2. The highest BCUT2D eigenvalue weighted by atomic mass is 19.1. The van der Waals surface area contributed by atoms with Gasteiger partial charge < -0.3 is 10.1 Å². The van der Waals surface area contributed by atoms with Crippen molar-refractivity contribution in [1.29, 1.82) is 0 Å². The Bertz CT molecular complexity index is 888. The molecule has 0 spiro atoms. The second-order valence-electron chi connectivity index (χ2n) is 5.71. The SMILES string of the molecule is Cc1cccc(OCC(=O)Nc2cc(C)nn2-c2ccc(F)cc2)c1. The molecule has 0 saturated heterocycles. The fraction of sp³-hybridized carbons (Fsp3) is 0.158. The molecule has 0 aliphatic carbocycles. The predicted molar refractivity (Wildman–Crippen MR) is 93.6 cm³/mol. The van der Waals surface area contributed by atoms with E-state index in [4.69, 9.17) is 4.74 Å². The zero-order valence-electron chi connectivity index (χ0n) is 14.0. The molecular weight excluding hydrogens is 321 g/mol. The van der Waals surface area contributed by atoms with E-state index in [-0.39, 0.29) is 18.3 Å². The Kier molecular flexibility index (Phi) is 4.79. The van der Waals surface area contributed by atoms with Crippen molar-refractivity contribution in [3.63, 3.8) is 0 Å². The van der Waals surface area contributed by atoms with Gasteiger partial charge in [-0.15, -0.1) is 0 Å². The zero-order chi connectivity index (χ0) is 17.8. The summed E-state index contributed by atoms with van der Waals surface area (Å²) < 4.78 is 20.1. The van der Waals surface area contributed by atoms with E-state index in [2.05, 4.69) is 10.4 Å². The van der Waals surface area contributed by atoms with Crippen LogP contribution in [0.3, 0.4) is 0 Å². The monoisotopic (exact) mass is 339 g/mol. The van der Waals surface area contributed by atoms with Crippen LogP contribution in [0, 0.1) is 19.7 Å². The number of halogens is 1. The first-order valence-corrected chi connectivity index (χ1v) is 7.83. The van der Waals surface area contributed by atoms with Gasteiger partial charge in [-0.3, -0.25) is 4.79 Å². The van der Waals surface area contributed by atoms with Gasteiger partial charge in [-0.25, -0.2) is 9.07 Å². The third-order valence-electron chi connectivity index (χ3n) is 3.53. The minimum atomic E-state index is -0.329. The summed E-state index contributed by atoms with van der Waals surface area (Å²) in [7, 11) is 0. The van der Waals surface area contributed by atoms with Crippen LogP contribution >= 0.6 is 0 Å². The molecule has 0 fully saturated rings. The quantitative estimate of drug-likeness (QED) is 0.772. The Balaban J connectivity index is 1.70. The fourth-order valence-corrected chi connectivity index (χ4v) is 2.40. The number of carbonyl (C=O) groups is 1. The number of benzene rings is 2. The van der Waals surface area contributed by atoms with E-state index in [1.165, 1.54) is 12.1 Å². The van der Waals surface area contributed by atoms with Crippen LogP contribution in [-0.2, 0) is 4.79 Å². The normalized spacial score (nSPS) is 10.5. The molecule has 0 radical (unpaired) electrons. The van der Waals surface area contributed by atoms with Crippen LogP contribution in [0.4, 0.5) is 10.2 Å². The molecule has 2 aromatic carbocycles. The maximum Gasteiger partial charge on any atom is 0.263 e. The molecule has 0 aliphatic heterocycles. The van der Waals surface area contributed by atoms with Crippen molar-refractivity contribution < 1.29 is 13.9 Å². The van der Waals surface area contributed by atoms with Crippen molar-refractivity contribution in [2.24, 2.45) is 0 Å². The number of aryl methyl sites for hydroxylation is 2. The van der Waals surface area contributed by atoms with Crippen molar-refractivity contribution in [3.8, 4) is 11.4 Å². The summed E-state index contributed by atoms with van der Waals surface area (Å²) in [6.07, 6.45) is 0. The average Bonchev–Trinajstić information content (AvgIpc) is 2.94. The number of rotatable bonds is 5. The van der Waals surface area contributed by atoms with Crippen LogP contribution in [-0.4, -0.2) is 22.3 Å². The van der Waals surface area contributed by atoms with E-state index in [1.807, 2.05) is 32.0 Å². The molecule has 5 nitrogen and oxygen atoms in total. The lowest BCUT2D eigenvalue weighted by Crippen LogP contribution is -2.21. The zero-order valence-corrected chi connectivity index (χ0v) is 14.0. The van der Waals surface area contributed by atoms with E-state index < -0.39 is 0 Å². The Labute approximate surface area is 145 Å². The van der Waals surface area contributed by atoms with Crippen LogP contribution in [0.25, 0.3) is 5.69 Å². The minimum absolute atomic E-state index is 0.114. The van der Waals surface area contributed by atoms with E-state index >= 15 is 0 Å². The number of ether oxygens (including phenoxy) is 1. The highest BCUT2D eigenvalue weighted by Crippen LogP contribution is 2.18. The van der Waals surface area contributed by atoms with Gasteiger partial charge in [0.1, 0.15) is 17.4 Å². The lowest BCUT2D eigenvalue weighted by molar-refractivity contribution is -0.118. The van der Waals surface area contributed by atoms with Gasteiger partial charge in [0, 0.05) is 6.07 Å². The van der Waals surface area contributed by atoms with Crippen LogP contribution in [0.15, 0.2) is 54.6 Å². The molecule has 0 atom stereocenters. The minimum Gasteiger partial charge on any atom is -0.484 e. The third kappa shape index (κ3) is 4.23. The Hall–Kier alpha value is -3.15. The molecule has 0 unspecified atom stereocenters. The Morgan fingerprint density at radius 2 is 1.92 bits per heavy atom. The first kappa shape index (κ1) is 16.7. The van der Waals surface area contributed by atoms with E-state index in [0.29, 0.717) is 17.3 Å².